The van der Waals surface area contributed by atoms with E-state index in [9.17, 15) is 0 Å². The third kappa shape index (κ3) is 4.71. The van der Waals surface area contributed by atoms with Crippen LogP contribution in [-0.4, -0.2) is 12.4 Å². The Hall–Kier alpha value is -2.49. The highest BCUT2D eigenvalue weighted by Gasteiger charge is 1.96. The zero-order chi connectivity index (χ0) is 13.3. The second kappa shape index (κ2) is 7.06. The summed E-state index contributed by atoms with van der Waals surface area (Å²) in [6, 6.07) is 19.2. The summed E-state index contributed by atoms with van der Waals surface area (Å²) in [5.41, 5.74) is 6.73. The Morgan fingerprint density at radius 1 is 0.947 bits per heavy atom. The standard InChI is InChI=1S/C15H16N2O2/c16-15(12-18-14-9-5-2-6-10-14)17-19-11-13-7-3-1-4-8-13/h1-10H,11-12H2,(H2,16,17). The number of nitrogens with zero attached hydrogens (tertiary/aromatic N) is 1. The lowest BCUT2D eigenvalue weighted by Crippen LogP contribution is -2.21. The van der Waals surface area contributed by atoms with Gasteiger partial charge in [0.25, 0.3) is 0 Å². The smallest absolute Gasteiger partial charge is 0.177 e. The molecular formula is C15H16N2O2. The van der Waals surface area contributed by atoms with Crippen molar-refractivity contribution in [2.75, 3.05) is 6.61 Å². The van der Waals surface area contributed by atoms with Crippen molar-refractivity contribution in [1.82, 2.24) is 0 Å². The summed E-state index contributed by atoms with van der Waals surface area (Å²) in [6.07, 6.45) is 0. The first-order chi connectivity index (χ1) is 9.34. The van der Waals surface area contributed by atoms with Crippen LogP contribution < -0.4 is 10.5 Å². The summed E-state index contributed by atoms with van der Waals surface area (Å²) in [5.74, 6) is 1.06. The Bertz CT molecular complexity index is 512. The van der Waals surface area contributed by atoms with Gasteiger partial charge in [0, 0.05) is 0 Å². The Labute approximate surface area is 112 Å². The summed E-state index contributed by atoms with van der Waals surface area (Å²) in [4.78, 5) is 5.15. The predicted molar refractivity (Wildman–Crippen MR) is 74.8 cm³/mol. The molecule has 2 N–H and O–H groups in total. The van der Waals surface area contributed by atoms with Crippen molar-refractivity contribution < 1.29 is 9.57 Å². The average molecular weight is 256 g/mol. The van der Waals surface area contributed by atoms with Crippen LogP contribution in [0.4, 0.5) is 0 Å². The summed E-state index contributed by atoms with van der Waals surface area (Å²) in [5, 5.41) is 3.80. The first-order valence-corrected chi connectivity index (χ1v) is 6.00. The first kappa shape index (κ1) is 13.0. The van der Waals surface area contributed by atoms with E-state index >= 15 is 0 Å². The van der Waals surface area contributed by atoms with E-state index in [1.807, 2.05) is 60.7 Å². The number of amidine groups is 1. The SMILES string of the molecule is N/C(COc1ccccc1)=N\OCc1ccccc1. The number of benzene rings is 2. The number of hydrogen-bond acceptors (Lipinski definition) is 3. The number of oxime groups is 1. The molecule has 4 heteroatoms. The fourth-order valence-electron chi connectivity index (χ4n) is 1.46. The van der Waals surface area contributed by atoms with E-state index in [2.05, 4.69) is 5.16 Å². The van der Waals surface area contributed by atoms with Crippen molar-refractivity contribution in [3.63, 3.8) is 0 Å². The van der Waals surface area contributed by atoms with Gasteiger partial charge in [0.05, 0.1) is 0 Å². The molecule has 0 amide bonds. The van der Waals surface area contributed by atoms with Crippen LogP contribution in [0.15, 0.2) is 65.8 Å². The topological polar surface area (TPSA) is 56.8 Å². The highest BCUT2D eigenvalue weighted by Crippen LogP contribution is 2.07. The van der Waals surface area contributed by atoms with E-state index in [0.717, 1.165) is 11.3 Å². The van der Waals surface area contributed by atoms with Gasteiger partial charge in [-0.3, -0.25) is 0 Å². The predicted octanol–water partition coefficient (Wildman–Crippen LogP) is 2.55. The van der Waals surface area contributed by atoms with Gasteiger partial charge < -0.3 is 15.3 Å². The van der Waals surface area contributed by atoms with Crippen molar-refractivity contribution in [2.45, 2.75) is 6.61 Å². The van der Waals surface area contributed by atoms with Gasteiger partial charge in [-0.1, -0.05) is 53.7 Å². The van der Waals surface area contributed by atoms with E-state index in [0.29, 0.717) is 12.4 Å². The molecule has 0 spiro atoms. The van der Waals surface area contributed by atoms with E-state index in [4.69, 9.17) is 15.3 Å². The monoisotopic (exact) mass is 256 g/mol. The van der Waals surface area contributed by atoms with Gasteiger partial charge in [0.2, 0.25) is 0 Å². The van der Waals surface area contributed by atoms with Crippen LogP contribution >= 0.6 is 0 Å². The second-order valence-corrected chi connectivity index (χ2v) is 3.94. The molecule has 4 nitrogen and oxygen atoms in total. The molecule has 0 radical (unpaired) electrons. The van der Waals surface area contributed by atoms with E-state index < -0.39 is 0 Å². The number of rotatable bonds is 6. The first-order valence-electron chi connectivity index (χ1n) is 6.00. The number of nitrogens with two attached hydrogens (primary N) is 1. The van der Waals surface area contributed by atoms with Crippen molar-refractivity contribution in [2.24, 2.45) is 10.9 Å². The minimum atomic E-state index is 0.207. The molecule has 2 rings (SSSR count). The zero-order valence-electron chi connectivity index (χ0n) is 10.5. The second-order valence-electron chi connectivity index (χ2n) is 3.94. The van der Waals surface area contributed by atoms with Crippen molar-refractivity contribution in [3.8, 4) is 5.75 Å². The largest absolute Gasteiger partial charge is 0.486 e. The highest BCUT2D eigenvalue weighted by atomic mass is 16.6. The summed E-state index contributed by atoms with van der Waals surface area (Å²) >= 11 is 0. The fourth-order valence-corrected chi connectivity index (χ4v) is 1.46. The third-order valence-corrected chi connectivity index (χ3v) is 2.39. The van der Waals surface area contributed by atoms with Gasteiger partial charge in [-0.2, -0.15) is 0 Å². The average Bonchev–Trinajstić information content (AvgIpc) is 2.47. The number of hydrogen-bond donors (Lipinski definition) is 1. The molecule has 0 saturated carbocycles. The lowest BCUT2D eigenvalue weighted by Gasteiger charge is -2.05. The zero-order valence-corrected chi connectivity index (χ0v) is 10.5. The molecule has 0 unspecified atom stereocenters. The molecule has 0 aliphatic heterocycles. The number of ether oxygens (including phenoxy) is 1. The molecule has 2 aromatic rings. The maximum Gasteiger partial charge on any atom is 0.177 e. The van der Waals surface area contributed by atoms with Gasteiger partial charge in [0.15, 0.2) is 5.84 Å². The van der Waals surface area contributed by atoms with E-state index in [-0.39, 0.29) is 6.61 Å². The molecule has 0 aliphatic carbocycles. The number of para-hydroxylation sites is 1. The molecule has 19 heavy (non-hydrogen) atoms. The molecular weight excluding hydrogens is 240 g/mol. The molecule has 98 valence electrons. The molecule has 0 aliphatic rings. The Morgan fingerprint density at radius 3 is 2.26 bits per heavy atom. The van der Waals surface area contributed by atoms with Crippen LogP contribution in [-0.2, 0) is 11.4 Å². The summed E-state index contributed by atoms with van der Waals surface area (Å²) in [6.45, 7) is 0.603. The van der Waals surface area contributed by atoms with Crippen LogP contribution in [0.2, 0.25) is 0 Å². The summed E-state index contributed by atoms with van der Waals surface area (Å²) in [7, 11) is 0. The van der Waals surface area contributed by atoms with Crippen LogP contribution in [0.1, 0.15) is 5.56 Å². The maximum atomic E-state index is 5.69. The van der Waals surface area contributed by atoms with E-state index in [1.54, 1.807) is 0 Å². The normalized spacial score (nSPS) is 11.1. The van der Waals surface area contributed by atoms with Gasteiger partial charge in [-0.15, -0.1) is 0 Å². The molecule has 0 bridgehead atoms. The fraction of sp³-hybridized carbons (Fsp3) is 0.133. The van der Waals surface area contributed by atoms with E-state index in [1.165, 1.54) is 0 Å². The molecule has 0 heterocycles. The van der Waals surface area contributed by atoms with Gasteiger partial charge in [0.1, 0.15) is 19.0 Å². The minimum Gasteiger partial charge on any atom is -0.486 e. The van der Waals surface area contributed by atoms with Crippen LogP contribution in [0, 0.1) is 0 Å². The molecule has 0 atom stereocenters. The highest BCUT2D eigenvalue weighted by molar-refractivity contribution is 5.81. The Balaban J connectivity index is 1.74. The molecule has 0 saturated heterocycles. The van der Waals surface area contributed by atoms with Crippen molar-refractivity contribution in [3.05, 3.63) is 66.2 Å². The van der Waals surface area contributed by atoms with Crippen LogP contribution in [0.5, 0.6) is 5.75 Å². The minimum absolute atomic E-state index is 0.207. The van der Waals surface area contributed by atoms with Crippen molar-refractivity contribution >= 4 is 5.84 Å². The van der Waals surface area contributed by atoms with Crippen LogP contribution in [0.25, 0.3) is 0 Å². The third-order valence-electron chi connectivity index (χ3n) is 2.39. The Morgan fingerprint density at radius 2 is 1.58 bits per heavy atom. The van der Waals surface area contributed by atoms with Crippen molar-refractivity contribution in [1.29, 1.82) is 0 Å². The Kier molecular flexibility index (Phi) is 4.81. The maximum absolute atomic E-state index is 5.69. The molecule has 0 aromatic heterocycles. The van der Waals surface area contributed by atoms with Gasteiger partial charge in [-0.05, 0) is 17.7 Å². The van der Waals surface area contributed by atoms with Gasteiger partial charge >= 0.3 is 0 Å². The van der Waals surface area contributed by atoms with Crippen LogP contribution in [0.3, 0.4) is 0 Å². The lowest BCUT2D eigenvalue weighted by molar-refractivity contribution is 0.128. The molecule has 0 fully saturated rings. The summed E-state index contributed by atoms with van der Waals surface area (Å²) < 4.78 is 5.43. The molecule has 2 aromatic carbocycles. The van der Waals surface area contributed by atoms with Gasteiger partial charge in [-0.25, -0.2) is 0 Å². The lowest BCUT2D eigenvalue weighted by atomic mass is 10.2. The quantitative estimate of drug-likeness (QED) is 0.491.